The average molecular weight is 338 g/mol. The van der Waals surface area contributed by atoms with Gasteiger partial charge in [-0.2, -0.15) is 0 Å². The van der Waals surface area contributed by atoms with Gasteiger partial charge >= 0.3 is 7.12 Å². The first-order chi connectivity index (χ1) is 11.4. The minimum Gasteiger partial charge on any atom is -0.399 e. The van der Waals surface area contributed by atoms with Gasteiger partial charge in [-0.3, -0.25) is 0 Å². The maximum absolute atomic E-state index is 6.15. The number of nitrogens with zero attached hydrogens (tertiary/aromatic N) is 2. The zero-order valence-electron chi connectivity index (χ0n) is 14.2. The van der Waals surface area contributed by atoms with Gasteiger partial charge in [0, 0.05) is 11.8 Å². The molecule has 3 heterocycles. The van der Waals surface area contributed by atoms with Crippen molar-refractivity contribution in [3.8, 4) is 10.6 Å². The highest BCUT2D eigenvalue weighted by atomic mass is 32.1. The molecule has 0 bridgehead atoms. The summed E-state index contributed by atoms with van der Waals surface area (Å²) >= 11 is 1.60. The molecule has 0 amide bonds. The second-order valence-corrected chi connectivity index (χ2v) is 8.04. The fraction of sp³-hybridized carbons (Fsp3) is 0.333. The SMILES string of the molecule is CC1(C)OB(c2cccc(-c3nc4cccnc4s3)c2)OC1(C)C. The molecule has 1 fully saturated rings. The third-order valence-corrected chi connectivity index (χ3v) is 5.85. The van der Waals surface area contributed by atoms with Crippen LogP contribution in [0, 0.1) is 0 Å². The van der Waals surface area contributed by atoms with Crippen LogP contribution in [0.2, 0.25) is 0 Å². The maximum Gasteiger partial charge on any atom is 0.494 e. The van der Waals surface area contributed by atoms with Gasteiger partial charge in [-0.1, -0.05) is 35.6 Å². The Balaban J connectivity index is 1.70. The van der Waals surface area contributed by atoms with E-state index in [4.69, 9.17) is 9.31 Å². The molecule has 1 saturated heterocycles. The van der Waals surface area contributed by atoms with E-state index in [1.165, 1.54) is 0 Å². The lowest BCUT2D eigenvalue weighted by Gasteiger charge is -2.32. The van der Waals surface area contributed by atoms with Crippen molar-refractivity contribution in [1.82, 2.24) is 9.97 Å². The fourth-order valence-corrected chi connectivity index (χ4v) is 3.59. The van der Waals surface area contributed by atoms with Gasteiger partial charge in [0.05, 0.1) is 11.2 Å². The topological polar surface area (TPSA) is 44.2 Å². The largest absolute Gasteiger partial charge is 0.494 e. The monoisotopic (exact) mass is 338 g/mol. The van der Waals surface area contributed by atoms with Crippen LogP contribution in [-0.2, 0) is 9.31 Å². The quantitative estimate of drug-likeness (QED) is 0.669. The molecule has 1 aliphatic heterocycles. The zero-order chi connectivity index (χ0) is 16.9. The van der Waals surface area contributed by atoms with Crippen molar-refractivity contribution in [2.75, 3.05) is 0 Å². The molecular formula is C18H19BN2O2S. The molecule has 24 heavy (non-hydrogen) atoms. The average Bonchev–Trinajstić information content (AvgIpc) is 3.06. The van der Waals surface area contributed by atoms with E-state index in [-0.39, 0.29) is 18.3 Å². The molecule has 0 unspecified atom stereocenters. The molecule has 0 atom stereocenters. The predicted molar refractivity (Wildman–Crippen MR) is 98.6 cm³/mol. The highest BCUT2D eigenvalue weighted by molar-refractivity contribution is 7.21. The molecule has 6 heteroatoms. The van der Waals surface area contributed by atoms with Gasteiger partial charge in [-0.05, 0) is 45.3 Å². The van der Waals surface area contributed by atoms with Gasteiger partial charge in [0.15, 0.2) is 0 Å². The van der Waals surface area contributed by atoms with E-state index in [1.54, 1.807) is 17.5 Å². The number of fused-ring (bicyclic) bond motifs is 1. The van der Waals surface area contributed by atoms with Crippen LogP contribution < -0.4 is 5.46 Å². The van der Waals surface area contributed by atoms with Gasteiger partial charge in [-0.15, -0.1) is 0 Å². The van der Waals surface area contributed by atoms with Gasteiger partial charge in [0.1, 0.15) is 15.4 Å². The van der Waals surface area contributed by atoms with E-state index in [9.17, 15) is 0 Å². The highest BCUT2D eigenvalue weighted by Gasteiger charge is 2.51. The first-order valence-electron chi connectivity index (χ1n) is 8.03. The number of hydrogen-bond donors (Lipinski definition) is 0. The molecule has 1 aliphatic rings. The predicted octanol–water partition coefficient (Wildman–Crippen LogP) is 3.66. The number of aromatic nitrogens is 2. The minimum absolute atomic E-state index is 0.340. The Labute approximate surface area is 146 Å². The molecule has 0 radical (unpaired) electrons. The van der Waals surface area contributed by atoms with Crippen LogP contribution >= 0.6 is 11.3 Å². The Kier molecular flexibility index (Phi) is 3.53. The molecule has 0 saturated carbocycles. The Morgan fingerprint density at radius 1 is 1.00 bits per heavy atom. The summed E-state index contributed by atoms with van der Waals surface area (Å²) in [5.41, 5.74) is 2.32. The fourth-order valence-electron chi connectivity index (χ4n) is 2.69. The molecule has 0 N–H and O–H groups in total. The smallest absolute Gasteiger partial charge is 0.399 e. The Hall–Kier alpha value is -1.76. The second kappa shape index (κ2) is 5.38. The summed E-state index contributed by atoms with van der Waals surface area (Å²) in [6.07, 6.45) is 1.80. The van der Waals surface area contributed by atoms with Crippen molar-refractivity contribution < 1.29 is 9.31 Å². The van der Waals surface area contributed by atoms with Crippen molar-refractivity contribution in [1.29, 1.82) is 0 Å². The van der Waals surface area contributed by atoms with E-state index in [2.05, 4.69) is 49.8 Å². The van der Waals surface area contributed by atoms with Crippen LogP contribution in [-0.4, -0.2) is 28.3 Å². The van der Waals surface area contributed by atoms with Crippen molar-refractivity contribution in [2.24, 2.45) is 0 Å². The standard InChI is InChI=1S/C18H19BN2O2S/c1-17(2)18(3,4)23-19(22-17)13-8-5-7-12(11-13)15-21-14-9-6-10-20-16(14)24-15/h5-11H,1-4H3. The zero-order valence-corrected chi connectivity index (χ0v) is 15.1. The van der Waals surface area contributed by atoms with Gasteiger partial charge in [0.2, 0.25) is 0 Å². The maximum atomic E-state index is 6.15. The molecule has 0 spiro atoms. The van der Waals surface area contributed by atoms with Crippen LogP contribution in [0.15, 0.2) is 42.6 Å². The molecular weight excluding hydrogens is 319 g/mol. The first-order valence-corrected chi connectivity index (χ1v) is 8.85. The van der Waals surface area contributed by atoms with E-state index >= 15 is 0 Å². The summed E-state index contributed by atoms with van der Waals surface area (Å²) in [4.78, 5) is 10.0. The summed E-state index contributed by atoms with van der Waals surface area (Å²) in [5.74, 6) is 0. The number of hydrogen-bond acceptors (Lipinski definition) is 5. The van der Waals surface area contributed by atoms with E-state index in [1.807, 2.05) is 24.3 Å². The lowest BCUT2D eigenvalue weighted by Crippen LogP contribution is -2.41. The van der Waals surface area contributed by atoms with Gasteiger partial charge < -0.3 is 9.31 Å². The van der Waals surface area contributed by atoms with E-state index in [0.717, 1.165) is 26.4 Å². The second-order valence-electron chi connectivity index (χ2n) is 7.06. The Morgan fingerprint density at radius 2 is 1.75 bits per heavy atom. The van der Waals surface area contributed by atoms with Gasteiger partial charge in [-0.25, -0.2) is 9.97 Å². The van der Waals surface area contributed by atoms with Crippen LogP contribution in [0.5, 0.6) is 0 Å². The minimum atomic E-state index is -0.359. The summed E-state index contributed by atoms with van der Waals surface area (Å²) in [6, 6.07) is 12.1. The lowest BCUT2D eigenvalue weighted by atomic mass is 9.78. The number of pyridine rings is 1. The highest BCUT2D eigenvalue weighted by Crippen LogP contribution is 2.37. The molecule has 4 nitrogen and oxygen atoms in total. The molecule has 1 aromatic carbocycles. The molecule has 0 aliphatic carbocycles. The Morgan fingerprint density at radius 3 is 2.46 bits per heavy atom. The number of benzene rings is 1. The van der Waals surface area contributed by atoms with E-state index < -0.39 is 0 Å². The Bertz CT molecular complexity index is 858. The number of rotatable bonds is 2. The number of thiazole rings is 1. The third kappa shape index (κ3) is 2.55. The van der Waals surface area contributed by atoms with Crippen LogP contribution in [0.3, 0.4) is 0 Å². The van der Waals surface area contributed by atoms with Gasteiger partial charge in [0.25, 0.3) is 0 Å². The summed E-state index contributed by atoms with van der Waals surface area (Å²) in [5, 5.41) is 0.960. The summed E-state index contributed by atoms with van der Waals surface area (Å²) in [7, 11) is -0.359. The van der Waals surface area contributed by atoms with Crippen molar-refractivity contribution in [2.45, 2.75) is 38.9 Å². The van der Waals surface area contributed by atoms with Crippen molar-refractivity contribution in [3.63, 3.8) is 0 Å². The molecule has 4 rings (SSSR count). The van der Waals surface area contributed by atoms with Crippen molar-refractivity contribution >= 4 is 34.3 Å². The molecule has 122 valence electrons. The first kappa shape index (κ1) is 15.8. The summed E-state index contributed by atoms with van der Waals surface area (Å²) in [6.45, 7) is 8.26. The van der Waals surface area contributed by atoms with E-state index in [0.29, 0.717) is 0 Å². The van der Waals surface area contributed by atoms with Crippen LogP contribution in [0.4, 0.5) is 0 Å². The van der Waals surface area contributed by atoms with Crippen LogP contribution in [0.1, 0.15) is 27.7 Å². The van der Waals surface area contributed by atoms with Crippen LogP contribution in [0.25, 0.3) is 20.9 Å². The van der Waals surface area contributed by atoms with Crippen molar-refractivity contribution in [3.05, 3.63) is 42.6 Å². The normalized spacial score (nSPS) is 19.1. The lowest BCUT2D eigenvalue weighted by molar-refractivity contribution is 0.00578. The molecule has 2 aromatic heterocycles. The summed E-state index contributed by atoms with van der Waals surface area (Å²) < 4.78 is 12.3. The molecule has 3 aromatic rings. The third-order valence-electron chi connectivity index (χ3n) is 4.83.